The third-order valence-corrected chi connectivity index (χ3v) is 4.93. The molecule has 1 fully saturated rings. The number of anilines is 1. The molecule has 6 heteroatoms. The Balaban J connectivity index is 1.84. The maximum absolute atomic E-state index is 12.6. The Morgan fingerprint density at radius 3 is 2.82 bits per heavy atom. The number of thiazole rings is 1. The summed E-state index contributed by atoms with van der Waals surface area (Å²) in [6, 6.07) is 9.82. The fourth-order valence-electron chi connectivity index (χ4n) is 2.60. The molecule has 2 heterocycles. The number of nitrogens with one attached hydrogen (secondary N) is 1. The largest absolute Gasteiger partial charge is 0.316 e. The second-order valence-electron chi connectivity index (χ2n) is 5.39. The van der Waals surface area contributed by atoms with Crippen molar-refractivity contribution in [2.45, 2.75) is 6.92 Å². The Morgan fingerprint density at radius 1 is 1.41 bits per heavy atom. The molecule has 1 aromatic heterocycles. The Morgan fingerprint density at radius 2 is 2.18 bits per heavy atom. The van der Waals surface area contributed by atoms with Crippen LogP contribution in [-0.4, -0.2) is 24.0 Å². The van der Waals surface area contributed by atoms with Crippen molar-refractivity contribution >= 4 is 22.4 Å². The van der Waals surface area contributed by atoms with Gasteiger partial charge in [0.05, 0.1) is 10.8 Å². The van der Waals surface area contributed by atoms with Crippen LogP contribution in [0, 0.1) is 23.3 Å². The molecule has 0 unspecified atom stereocenters. The first-order chi connectivity index (χ1) is 10.7. The second kappa shape index (κ2) is 6.26. The molecule has 1 N–H and O–H groups in total. The van der Waals surface area contributed by atoms with Crippen molar-refractivity contribution in [2.75, 3.05) is 18.0 Å². The normalized spacial score (nSPS) is 20.5. The third-order valence-electron chi connectivity index (χ3n) is 3.90. The number of hydrogen-bond donors (Lipinski definition) is 1. The van der Waals surface area contributed by atoms with E-state index >= 15 is 0 Å². The Labute approximate surface area is 133 Å². The van der Waals surface area contributed by atoms with Crippen molar-refractivity contribution in [3.8, 4) is 16.6 Å². The molecule has 0 spiro atoms. The first kappa shape index (κ1) is 14.7. The number of carbonyl (C=O) groups excluding carboxylic acids is 1. The summed E-state index contributed by atoms with van der Waals surface area (Å²) in [6.45, 7) is 3.45. The van der Waals surface area contributed by atoms with Gasteiger partial charge in [0, 0.05) is 12.7 Å². The summed E-state index contributed by atoms with van der Waals surface area (Å²) >= 11 is 1.36. The van der Waals surface area contributed by atoms with Gasteiger partial charge in [-0.3, -0.25) is 4.79 Å². The molecular weight excluding hydrogens is 296 g/mol. The van der Waals surface area contributed by atoms with E-state index in [1.165, 1.54) is 11.3 Å². The summed E-state index contributed by atoms with van der Waals surface area (Å²) in [5.41, 5.74) is 1.03. The minimum atomic E-state index is -0.172. The van der Waals surface area contributed by atoms with E-state index in [2.05, 4.69) is 10.3 Å². The highest BCUT2D eigenvalue weighted by atomic mass is 32.1. The lowest BCUT2D eigenvalue weighted by atomic mass is 9.97. The SMILES string of the molecule is C[C@@H]1CNC[C@H]1C(=O)N(C#N)c1ncc(-c2ccccc2)s1. The zero-order valence-corrected chi connectivity index (χ0v) is 13.0. The molecule has 3 rings (SSSR count). The van der Waals surface area contributed by atoms with Crippen LogP contribution in [0.2, 0.25) is 0 Å². The van der Waals surface area contributed by atoms with Crippen LogP contribution in [0.4, 0.5) is 5.13 Å². The van der Waals surface area contributed by atoms with E-state index in [0.29, 0.717) is 11.7 Å². The van der Waals surface area contributed by atoms with E-state index in [1.54, 1.807) is 6.20 Å². The van der Waals surface area contributed by atoms with Gasteiger partial charge < -0.3 is 5.32 Å². The van der Waals surface area contributed by atoms with E-state index in [1.807, 2.05) is 43.4 Å². The highest BCUT2D eigenvalue weighted by Gasteiger charge is 2.34. The fraction of sp³-hybridized carbons (Fsp3) is 0.312. The van der Waals surface area contributed by atoms with Gasteiger partial charge in [-0.1, -0.05) is 48.6 Å². The number of amides is 1. The maximum Gasteiger partial charge on any atom is 0.246 e. The van der Waals surface area contributed by atoms with Crippen molar-refractivity contribution < 1.29 is 4.79 Å². The zero-order chi connectivity index (χ0) is 15.5. The lowest BCUT2D eigenvalue weighted by molar-refractivity contribution is -0.122. The van der Waals surface area contributed by atoms with Crippen LogP contribution in [0.15, 0.2) is 36.5 Å². The smallest absolute Gasteiger partial charge is 0.246 e. The van der Waals surface area contributed by atoms with Crippen LogP contribution in [0.5, 0.6) is 0 Å². The van der Waals surface area contributed by atoms with E-state index in [9.17, 15) is 10.1 Å². The molecule has 1 amide bonds. The molecule has 0 saturated carbocycles. The summed E-state index contributed by atoms with van der Waals surface area (Å²) in [4.78, 5) is 18.9. The molecule has 0 aliphatic carbocycles. The van der Waals surface area contributed by atoms with Crippen LogP contribution >= 0.6 is 11.3 Å². The van der Waals surface area contributed by atoms with Crippen molar-refractivity contribution in [3.63, 3.8) is 0 Å². The van der Waals surface area contributed by atoms with E-state index in [4.69, 9.17) is 0 Å². The molecule has 0 radical (unpaired) electrons. The number of rotatable bonds is 3. The van der Waals surface area contributed by atoms with Gasteiger partial charge in [-0.15, -0.1) is 0 Å². The summed E-state index contributed by atoms with van der Waals surface area (Å²) in [7, 11) is 0. The monoisotopic (exact) mass is 312 g/mol. The minimum absolute atomic E-state index is 0.163. The predicted molar refractivity (Wildman–Crippen MR) is 86.2 cm³/mol. The quantitative estimate of drug-likeness (QED) is 0.698. The molecular formula is C16H16N4OS. The van der Waals surface area contributed by atoms with Crippen LogP contribution in [0.25, 0.3) is 10.4 Å². The van der Waals surface area contributed by atoms with E-state index in [-0.39, 0.29) is 17.7 Å². The van der Waals surface area contributed by atoms with Gasteiger partial charge in [-0.25, -0.2) is 4.98 Å². The molecule has 1 aliphatic rings. The number of aromatic nitrogens is 1. The Bertz CT molecular complexity index is 706. The topological polar surface area (TPSA) is 69.0 Å². The third kappa shape index (κ3) is 2.73. The highest BCUT2D eigenvalue weighted by Crippen LogP contribution is 2.32. The van der Waals surface area contributed by atoms with Gasteiger partial charge in [-0.05, 0) is 18.0 Å². The summed E-state index contributed by atoms with van der Waals surface area (Å²) < 4.78 is 0. The van der Waals surface area contributed by atoms with Gasteiger partial charge in [0.25, 0.3) is 0 Å². The molecule has 22 heavy (non-hydrogen) atoms. The van der Waals surface area contributed by atoms with Gasteiger partial charge >= 0.3 is 0 Å². The predicted octanol–water partition coefficient (Wildman–Crippen LogP) is 2.48. The summed E-state index contributed by atoms with van der Waals surface area (Å²) in [5, 5.41) is 13.0. The van der Waals surface area contributed by atoms with Crippen molar-refractivity contribution in [1.82, 2.24) is 10.3 Å². The van der Waals surface area contributed by atoms with Crippen LogP contribution in [0.3, 0.4) is 0 Å². The lowest BCUT2D eigenvalue weighted by Crippen LogP contribution is -2.35. The molecule has 1 aromatic carbocycles. The van der Waals surface area contributed by atoms with Gasteiger partial charge in [0.1, 0.15) is 0 Å². The first-order valence-electron chi connectivity index (χ1n) is 7.16. The average Bonchev–Trinajstić information content (AvgIpc) is 3.18. The number of nitriles is 1. The number of hydrogen-bond acceptors (Lipinski definition) is 5. The van der Waals surface area contributed by atoms with Crippen molar-refractivity contribution in [3.05, 3.63) is 36.5 Å². The van der Waals surface area contributed by atoms with Gasteiger partial charge in [0.15, 0.2) is 6.19 Å². The average molecular weight is 312 g/mol. The van der Waals surface area contributed by atoms with Gasteiger partial charge in [-0.2, -0.15) is 10.2 Å². The van der Waals surface area contributed by atoms with E-state index in [0.717, 1.165) is 21.9 Å². The van der Waals surface area contributed by atoms with Gasteiger partial charge in [0.2, 0.25) is 11.0 Å². The zero-order valence-electron chi connectivity index (χ0n) is 12.2. The fourth-order valence-corrected chi connectivity index (χ4v) is 3.48. The lowest BCUT2D eigenvalue weighted by Gasteiger charge is -2.17. The van der Waals surface area contributed by atoms with Crippen LogP contribution in [-0.2, 0) is 4.79 Å². The van der Waals surface area contributed by atoms with E-state index < -0.39 is 0 Å². The molecule has 0 bridgehead atoms. The minimum Gasteiger partial charge on any atom is -0.316 e. The molecule has 2 aromatic rings. The molecule has 112 valence electrons. The Kier molecular flexibility index (Phi) is 4.18. The van der Waals surface area contributed by atoms with Crippen LogP contribution in [0.1, 0.15) is 6.92 Å². The summed E-state index contributed by atoms with van der Waals surface area (Å²) in [6.07, 6.45) is 3.70. The van der Waals surface area contributed by atoms with Crippen molar-refractivity contribution in [2.24, 2.45) is 11.8 Å². The second-order valence-corrected chi connectivity index (χ2v) is 6.40. The standard InChI is InChI=1S/C16H16N4OS/c1-11-7-18-8-13(11)15(21)20(10-17)16-19-9-14(22-16)12-5-3-2-4-6-12/h2-6,9,11,13,18H,7-8H2,1H3/t11-,13-/m1/s1. The van der Waals surface area contributed by atoms with Crippen molar-refractivity contribution in [1.29, 1.82) is 5.26 Å². The first-order valence-corrected chi connectivity index (χ1v) is 7.98. The maximum atomic E-state index is 12.6. The molecule has 2 atom stereocenters. The number of benzene rings is 1. The number of nitrogens with zero attached hydrogens (tertiary/aromatic N) is 3. The number of carbonyl (C=O) groups is 1. The molecule has 5 nitrogen and oxygen atoms in total. The Hall–Kier alpha value is -2.23. The summed E-state index contributed by atoms with van der Waals surface area (Å²) in [5.74, 6) is -0.102. The van der Waals surface area contributed by atoms with Crippen LogP contribution < -0.4 is 10.2 Å². The molecule has 1 aliphatic heterocycles. The molecule has 1 saturated heterocycles. The highest BCUT2D eigenvalue weighted by molar-refractivity contribution is 7.19.